The van der Waals surface area contributed by atoms with Gasteiger partial charge in [0.1, 0.15) is 23.7 Å². The van der Waals surface area contributed by atoms with Gasteiger partial charge < -0.3 is 14.6 Å². The lowest BCUT2D eigenvalue weighted by atomic mass is 10.1. The molecule has 3 aromatic rings. The van der Waals surface area contributed by atoms with Gasteiger partial charge in [0.05, 0.1) is 17.9 Å². The second kappa shape index (κ2) is 10.6. The molecule has 1 fully saturated rings. The Kier molecular flexibility index (Phi) is 7.10. The van der Waals surface area contributed by atoms with Crippen molar-refractivity contribution >= 4 is 35.6 Å². The van der Waals surface area contributed by atoms with Crippen molar-refractivity contribution < 1.29 is 33.8 Å². The standard InChI is InChI=1S/C27H22N2O7/c1-2-35-21-12-8-20(9-13-21)29-25(31)23(24(30)28-27(29)34)15-17-6-10-22(11-7-17)36-16-18-4-3-5-19(14-18)26(32)33/h3-15H,2,16H2,1H3,(H,32,33)(H,28,30,34)/b23-15+. The quantitative estimate of drug-likeness (QED) is 0.364. The summed E-state index contributed by atoms with van der Waals surface area (Å²) in [7, 11) is 0. The number of carboxylic acids is 1. The minimum absolute atomic E-state index is 0.168. The highest BCUT2D eigenvalue weighted by Gasteiger charge is 2.36. The highest BCUT2D eigenvalue weighted by Crippen LogP contribution is 2.25. The van der Waals surface area contributed by atoms with Crippen LogP contribution in [-0.2, 0) is 16.2 Å². The third-order valence-corrected chi connectivity index (χ3v) is 5.28. The normalized spacial score (nSPS) is 14.5. The molecule has 0 radical (unpaired) electrons. The lowest BCUT2D eigenvalue weighted by Gasteiger charge is -2.26. The van der Waals surface area contributed by atoms with Gasteiger partial charge in [0.25, 0.3) is 11.8 Å². The predicted octanol–water partition coefficient (Wildman–Crippen LogP) is 4.03. The minimum Gasteiger partial charge on any atom is -0.494 e. The average Bonchev–Trinajstić information content (AvgIpc) is 2.87. The molecule has 9 nitrogen and oxygen atoms in total. The molecule has 4 rings (SSSR count). The van der Waals surface area contributed by atoms with Crippen LogP contribution in [0, 0.1) is 0 Å². The van der Waals surface area contributed by atoms with Crippen molar-refractivity contribution in [3.63, 3.8) is 0 Å². The molecule has 4 amide bonds. The topological polar surface area (TPSA) is 122 Å². The van der Waals surface area contributed by atoms with Gasteiger partial charge in [-0.1, -0.05) is 24.3 Å². The van der Waals surface area contributed by atoms with Crippen LogP contribution in [0.1, 0.15) is 28.4 Å². The van der Waals surface area contributed by atoms with E-state index >= 15 is 0 Å². The van der Waals surface area contributed by atoms with Crippen molar-refractivity contribution in [2.24, 2.45) is 0 Å². The number of benzene rings is 3. The Morgan fingerprint density at radius 3 is 2.28 bits per heavy atom. The van der Waals surface area contributed by atoms with Crippen molar-refractivity contribution in [2.45, 2.75) is 13.5 Å². The van der Waals surface area contributed by atoms with Gasteiger partial charge in [-0.05, 0) is 72.7 Å². The minimum atomic E-state index is -1.02. The number of aromatic carboxylic acids is 1. The Hall–Kier alpha value is -4.92. The number of urea groups is 1. The highest BCUT2D eigenvalue weighted by molar-refractivity contribution is 6.39. The summed E-state index contributed by atoms with van der Waals surface area (Å²) in [6.45, 7) is 2.49. The zero-order valence-corrected chi connectivity index (χ0v) is 19.3. The molecule has 36 heavy (non-hydrogen) atoms. The maximum atomic E-state index is 13.0. The first-order chi connectivity index (χ1) is 17.4. The van der Waals surface area contributed by atoms with E-state index in [1.165, 1.54) is 18.2 Å². The van der Waals surface area contributed by atoms with Gasteiger partial charge in [-0.15, -0.1) is 0 Å². The van der Waals surface area contributed by atoms with Crippen LogP contribution >= 0.6 is 0 Å². The van der Waals surface area contributed by atoms with Gasteiger partial charge in [-0.3, -0.25) is 14.9 Å². The Bertz CT molecular complexity index is 1350. The zero-order valence-electron chi connectivity index (χ0n) is 19.3. The average molecular weight is 486 g/mol. The molecule has 1 saturated heterocycles. The van der Waals surface area contributed by atoms with E-state index in [1.54, 1.807) is 60.7 Å². The summed E-state index contributed by atoms with van der Waals surface area (Å²) in [6, 6.07) is 18.6. The van der Waals surface area contributed by atoms with E-state index < -0.39 is 23.8 Å². The first-order valence-corrected chi connectivity index (χ1v) is 11.0. The van der Waals surface area contributed by atoms with E-state index in [0.29, 0.717) is 34.9 Å². The number of hydrogen-bond acceptors (Lipinski definition) is 6. The molecule has 0 bridgehead atoms. The SMILES string of the molecule is CCOc1ccc(N2C(=O)NC(=O)/C(=C\c3ccc(OCc4cccc(C(=O)O)c4)cc3)C2=O)cc1. The third-order valence-electron chi connectivity index (χ3n) is 5.28. The van der Waals surface area contributed by atoms with Crippen LogP contribution in [0.3, 0.4) is 0 Å². The van der Waals surface area contributed by atoms with Crippen LogP contribution in [0.4, 0.5) is 10.5 Å². The molecule has 3 aromatic carbocycles. The van der Waals surface area contributed by atoms with Crippen LogP contribution < -0.4 is 19.7 Å². The second-order valence-corrected chi connectivity index (χ2v) is 7.75. The Morgan fingerprint density at radius 1 is 0.944 bits per heavy atom. The molecule has 0 unspecified atom stereocenters. The molecule has 182 valence electrons. The lowest BCUT2D eigenvalue weighted by Crippen LogP contribution is -2.54. The summed E-state index contributed by atoms with van der Waals surface area (Å²) in [5, 5.41) is 11.3. The molecule has 0 aromatic heterocycles. The van der Waals surface area contributed by atoms with Gasteiger partial charge in [-0.2, -0.15) is 0 Å². The van der Waals surface area contributed by atoms with E-state index in [2.05, 4.69) is 5.32 Å². The Morgan fingerprint density at radius 2 is 1.61 bits per heavy atom. The van der Waals surface area contributed by atoms with Crippen LogP contribution in [0.25, 0.3) is 6.08 Å². The molecule has 1 heterocycles. The molecule has 1 aliphatic heterocycles. The fourth-order valence-electron chi connectivity index (χ4n) is 3.54. The zero-order chi connectivity index (χ0) is 25.7. The molecule has 1 aliphatic rings. The van der Waals surface area contributed by atoms with Crippen molar-refractivity contribution in [1.29, 1.82) is 0 Å². The van der Waals surface area contributed by atoms with E-state index in [1.807, 2.05) is 6.92 Å². The molecule has 0 aliphatic carbocycles. The van der Waals surface area contributed by atoms with Gasteiger partial charge in [0.2, 0.25) is 0 Å². The van der Waals surface area contributed by atoms with Crippen LogP contribution in [0.2, 0.25) is 0 Å². The summed E-state index contributed by atoms with van der Waals surface area (Å²) in [6.07, 6.45) is 1.39. The number of carboxylic acid groups (broad SMARTS) is 1. The van der Waals surface area contributed by atoms with Gasteiger partial charge in [0.15, 0.2) is 0 Å². The van der Waals surface area contributed by atoms with Crippen molar-refractivity contribution in [1.82, 2.24) is 5.32 Å². The van der Waals surface area contributed by atoms with Crippen LogP contribution in [0.5, 0.6) is 11.5 Å². The smallest absolute Gasteiger partial charge is 0.335 e. The van der Waals surface area contributed by atoms with Crippen molar-refractivity contribution in [2.75, 3.05) is 11.5 Å². The highest BCUT2D eigenvalue weighted by atomic mass is 16.5. The van der Waals surface area contributed by atoms with Gasteiger partial charge >= 0.3 is 12.0 Å². The number of carbonyl (C=O) groups excluding carboxylic acids is 3. The number of amides is 4. The molecule has 0 saturated carbocycles. The molecular formula is C27H22N2O7. The molecule has 0 spiro atoms. The number of imide groups is 2. The third kappa shape index (κ3) is 5.41. The first-order valence-electron chi connectivity index (χ1n) is 11.0. The van der Waals surface area contributed by atoms with E-state index in [-0.39, 0.29) is 17.7 Å². The summed E-state index contributed by atoms with van der Waals surface area (Å²) >= 11 is 0. The maximum Gasteiger partial charge on any atom is 0.335 e. The molecule has 0 atom stereocenters. The number of hydrogen-bond donors (Lipinski definition) is 2. The maximum absolute atomic E-state index is 13.0. The molecule has 9 heteroatoms. The largest absolute Gasteiger partial charge is 0.494 e. The number of ether oxygens (including phenoxy) is 2. The first kappa shape index (κ1) is 24.2. The van der Waals surface area contributed by atoms with E-state index in [9.17, 15) is 19.2 Å². The van der Waals surface area contributed by atoms with Crippen LogP contribution in [0.15, 0.2) is 78.4 Å². The summed E-state index contributed by atoms with van der Waals surface area (Å²) < 4.78 is 11.1. The molecular weight excluding hydrogens is 464 g/mol. The summed E-state index contributed by atoms with van der Waals surface area (Å²) in [5.41, 5.74) is 1.53. The Balaban J connectivity index is 1.48. The van der Waals surface area contributed by atoms with Crippen LogP contribution in [-0.4, -0.2) is 35.5 Å². The lowest BCUT2D eigenvalue weighted by molar-refractivity contribution is -0.122. The monoisotopic (exact) mass is 486 g/mol. The fraction of sp³-hybridized carbons (Fsp3) is 0.111. The Labute approximate surface area is 206 Å². The number of anilines is 1. The number of rotatable bonds is 8. The number of nitrogens with zero attached hydrogens (tertiary/aromatic N) is 1. The molecule has 2 N–H and O–H groups in total. The van der Waals surface area contributed by atoms with E-state index in [0.717, 1.165) is 4.90 Å². The predicted molar refractivity (Wildman–Crippen MR) is 131 cm³/mol. The van der Waals surface area contributed by atoms with Crippen molar-refractivity contribution in [3.8, 4) is 11.5 Å². The van der Waals surface area contributed by atoms with E-state index in [4.69, 9.17) is 14.6 Å². The number of carbonyl (C=O) groups is 4. The van der Waals surface area contributed by atoms with Crippen molar-refractivity contribution in [3.05, 3.63) is 95.1 Å². The summed E-state index contributed by atoms with van der Waals surface area (Å²) in [5.74, 6) is -1.44. The summed E-state index contributed by atoms with van der Waals surface area (Å²) in [4.78, 5) is 49.8. The fourth-order valence-corrected chi connectivity index (χ4v) is 3.54. The number of barbiturate groups is 1. The van der Waals surface area contributed by atoms with Gasteiger partial charge in [-0.25, -0.2) is 14.5 Å². The van der Waals surface area contributed by atoms with Gasteiger partial charge in [0, 0.05) is 0 Å². The second-order valence-electron chi connectivity index (χ2n) is 7.75. The number of nitrogens with one attached hydrogen (secondary N) is 1.